The molecular weight excluding hydrogens is 307 g/mol. The molecular formula is C18H23FN4O. The van der Waals surface area contributed by atoms with E-state index < -0.39 is 0 Å². The first-order valence-electron chi connectivity index (χ1n) is 7.90. The average Bonchev–Trinajstić information content (AvgIpc) is 2.95. The Kier molecular flexibility index (Phi) is 6.12. The second kappa shape index (κ2) is 8.29. The van der Waals surface area contributed by atoms with E-state index in [1.807, 2.05) is 24.6 Å². The second-order valence-corrected chi connectivity index (χ2v) is 5.87. The van der Waals surface area contributed by atoms with E-state index in [2.05, 4.69) is 16.9 Å². The van der Waals surface area contributed by atoms with Crippen molar-refractivity contribution < 1.29 is 9.18 Å². The molecule has 1 heterocycles. The Hall–Kier alpha value is -2.63. The van der Waals surface area contributed by atoms with Crippen LogP contribution in [-0.2, 0) is 13.1 Å². The number of carbonyl (C=O) groups is 1. The minimum Gasteiger partial charge on any atom is -0.336 e. The van der Waals surface area contributed by atoms with Gasteiger partial charge in [0.15, 0.2) is 0 Å². The highest BCUT2D eigenvalue weighted by Gasteiger charge is 2.16. The minimum absolute atomic E-state index is 0.0591. The monoisotopic (exact) mass is 330 g/mol. The van der Waals surface area contributed by atoms with Gasteiger partial charge in [0.1, 0.15) is 11.6 Å². The molecule has 0 spiro atoms. The molecule has 0 saturated carbocycles. The lowest BCUT2D eigenvalue weighted by Gasteiger charge is -2.23. The fourth-order valence-corrected chi connectivity index (χ4v) is 2.31. The molecule has 0 aliphatic carbocycles. The molecule has 2 amide bonds. The Morgan fingerprint density at radius 1 is 1.42 bits per heavy atom. The zero-order valence-electron chi connectivity index (χ0n) is 14.1. The van der Waals surface area contributed by atoms with Crippen molar-refractivity contribution in [3.8, 4) is 0 Å². The number of carbonyl (C=O) groups excluding carboxylic acids is 1. The number of amides is 2. The number of hydrogen-bond acceptors (Lipinski definition) is 2. The van der Waals surface area contributed by atoms with Gasteiger partial charge in [-0.05, 0) is 31.5 Å². The fraction of sp³-hybridized carbons (Fsp3) is 0.333. The summed E-state index contributed by atoms with van der Waals surface area (Å²) in [5.74, 6) is 0.507. The highest BCUT2D eigenvalue weighted by molar-refractivity contribution is 5.74. The molecule has 2 rings (SSSR count). The van der Waals surface area contributed by atoms with Crippen molar-refractivity contribution in [3.05, 3.63) is 66.5 Å². The number of aromatic nitrogens is 2. The predicted molar refractivity (Wildman–Crippen MR) is 92.0 cm³/mol. The lowest BCUT2D eigenvalue weighted by molar-refractivity contribution is 0.196. The Balaban J connectivity index is 2.10. The van der Waals surface area contributed by atoms with Gasteiger partial charge in [0.25, 0.3) is 0 Å². The van der Waals surface area contributed by atoms with Gasteiger partial charge in [0.2, 0.25) is 0 Å². The summed E-state index contributed by atoms with van der Waals surface area (Å²) in [5.41, 5.74) is 0.970. The average molecular weight is 330 g/mol. The van der Waals surface area contributed by atoms with Crippen molar-refractivity contribution in [2.75, 3.05) is 6.54 Å². The first kappa shape index (κ1) is 17.7. The third-order valence-electron chi connectivity index (χ3n) is 3.45. The molecule has 0 saturated heterocycles. The molecule has 0 fully saturated rings. The van der Waals surface area contributed by atoms with Gasteiger partial charge in [0.05, 0.1) is 6.54 Å². The molecule has 0 bridgehead atoms. The van der Waals surface area contributed by atoms with E-state index in [0.717, 1.165) is 11.4 Å². The van der Waals surface area contributed by atoms with Gasteiger partial charge in [-0.2, -0.15) is 0 Å². The normalized spacial score (nSPS) is 10.7. The summed E-state index contributed by atoms with van der Waals surface area (Å²) in [6.07, 6.45) is 5.24. The lowest BCUT2D eigenvalue weighted by Crippen LogP contribution is -2.43. The predicted octanol–water partition coefficient (Wildman–Crippen LogP) is 3.18. The first-order chi connectivity index (χ1) is 11.5. The Morgan fingerprint density at radius 3 is 2.75 bits per heavy atom. The number of urea groups is 1. The van der Waals surface area contributed by atoms with E-state index in [9.17, 15) is 9.18 Å². The maximum Gasteiger partial charge on any atom is 0.318 e. The Morgan fingerprint density at radius 2 is 2.12 bits per heavy atom. The summed E-state index contributed by atoms with van der Waals surface area (Å²) in [6, 6.07) is 6.26. The van der Waals surface area contributed by atoms with Crippen LogP contribution in [0.3, 0.4) is 0 Å². The van der Waals surface area contributed by atoms with E-state index in [4.69, 9.17) is 0 Å². The van der Waals surface area contributed by atoms with Gasteiger partial charge in [-0.1, -0.05) is 18.2 Å². The van der Waals surface area contributed by atoms with E-state index in [1.165, 1.54) is 12.1 Å². The molecule has 0 atom stereocenters. The number of halogens is 1. The van der Waals surface area contributed by atoms with Crippen LogP contribution in [0, 0.1) is 5.82 Å². The molecule has 24 heavy (non-hydrogen) atoms. The Bertz CT molecular complexity index is 679. The van der Waals surface area contributed by atoms with Crippen LogP contribution in [-0.4, -0.2) is 33.1 Å². The zero-order chi connectivity index (χ0) is 17.5. The number of nitrogens with zero attached hydrogens (tertiary/aromatic N) is 3. The van der Waals surface area contributed by atoms with Gasteiger partial charge in [0, 0.05) is 31.5 Å². The summed E-state index contributed by atoms with van der Waals surface area (Å²) in [4.78, 5) is 18.3. The first-order valence-corrected chi connectivity index (χ1v) is 7.90. The molecule has 5 nitrogen and oxygen atoms in total. The van der Waals surface area contributed by atoms with Crippen molar-refractivity contribution in [1.29, 1.82) is 0 Å². The molecule has 1 N–H and O–H groups in total. The fourth-order valence-electron chi connectivity index (χ4n) is 2.31. The van der Waals surface area contributed by atoms with Crippen LogP contribution >= 0.6 is 0 Å². The number of hydrogen-bond donors (Lipinski definition) is 1. The van der Waals surface area contributed by atoms with E-state index in [0.29, 0.717) is 19.6 Å². The molecule has 1 aromatic carbocycles. The minimum atomic E-state index is -0.257. The van der Waals surface area contributed by atoms with E-state index >= 15 is 0 Å². The summed E-state index contributed by atoms with van der Waals surface area (Å²) >= 11 is 0. The quantitative estimate of drug-likeness (QED) is 0.793. The van der Waals surface area contributed by atoms with Crippen LogP contribution in [0.2, 0.25) is 0 Å². The van der Waals surface area contributed by atoms with Crippen molar-refractivity contribution in [2.45, 2.75) is 33.0 Å². The van der Waals surface area contributed by atoms with Gasteiger partial charge < -0.3 is 14.8 Å². The number of imidazole rings is 1. The third-order valence-corrected chi connectivity index (χ3v) is 3.45. The molecule has 2 aromatic rings. The smallest absolute Gasteiger partial charge is 0.318 e. The topological polar surface area (TPSA) is 50.2 Å². The van der Waals surface area contributed by atoms with Crippen LogP contribution in [0.15, 0.2) is 49.3 Å². The van der Waals surface area contributed by atoms with Crippen molar-refractivity contribution >= 4 is 6.03 Å². The summed E-state index contributed by atoms with van der Waals surface area (Å²) in [6.45, 7) is 8.92. The van der Waals surface area contributed by atoms with Crippen molar-refractivity contribution in [3.63, 3.8) is 0 Å². The molecule has 6 heteroatoms. The van der Waals surface area contributed by atoms with E-state index in [1.54, 1.807) is 29.3 Å². The third kappa shape index (κ3) is 4.94. The lowest BCUT2D eigenvalue weighted by atomic mass is 10.2. The van der Waals surface area contributed by atoms with Crippen molar-refractivity contribution in [1.82, 2.24) is 19.8 Å². The molecule has 0 aliphatic rings. The highest BCUT2D eigenvalue weighted by Crippen LogP contribution is 2.09. The standard InChI is InChI=1S/C18H23FN4O/c1-4-10-23(18(24)21-14(2)3)13-17-20-9-11-22(17)12-15-5-7-16(19)8-6-15/h4-9,11,14H,1,10,12-13H2,2-3H3,(H,21,24). The van der Waals surface area contributed by atoms with Gasteiger partial charge >= 0.3 is 6.03 Å². The van der Waals surface area contributed by atoms with Gasteiger partial charge in [-0.3, -0.25) is 0 Å². The molecule has 1 aromatic heterocycles. The van der Waals surface area contributed by atoms with Crippen LogP contribution in [0.5, 0.6) is 0 Å². The van der Waals surface area contributed by atoms with Crippen LogP contribution < -0.4 is 5.32 Å². The molecule has 0 unspecified atom stereocenters. The zero-order valence-corrected chi connectivity index (χ0v) is 14.1. The van der Waals surface area contributed by atoms with Crippen LogP contribution in [0.25, 0.3) is 0 Å². The number of rotatable bonds is 7. The second-order valence-electron chi connectivity index (χ2n) is 5.87. The Labute approximate surface area is 141 Å². The summed E-state index contributed by atoms with van der Waals surface area (Å²) in [5, 5.41) is 2.88. The van der Waals surface area contributed by atoms with Gasteiger partial charge in [-0.15, -0.1) is 6.58 Å². The molecule has 0 aliphatic heterocycles. The number of benzene rings is 1. The largest absolute Gasteiger partial charge is 0.336 e. The van der Waals surface area contributed by atoms with Crippen LogP contribution in [0.4, 0.5) is 9.18 Å². The van der Waals surface area contributed by atoms with E-state index in [-0.39, 0.29) is 17.9 Å². The molecule has 0 radical (unpaired) electrons. The molecule has 128 valence electrons. The SMILES string of the molecule is C=CCN(Cc1nccn1Cc1ccc(F)cc1)C(=O)NC(C)C. The maximum absolute atomic E-state index is 13.0. The summed E-state index contributed by atoms with van der Waals surface area (Å²) < 4.78 is 15.0. The number of nitrogens with one attached hydrogen (secondary N) is 1. The van der Waals surface area contributed by atoms with Crippen molar-refractivity contribution in [2.24, 2.45) is 0 Å². The maximum atomic E-state index is 13.0. The van der Waals surface area contributed by atoms with Crippen LogP contribution in [0.1, 0.15) is 25.2 Å². The summed E-state index contributed by atoms with van der Waals surface area (Å²) in [7, 11) is 0. The highest BCUT2D eigenvalue weighted by atomic mass is 19.1. The van der Waals surface area contributed by atoms with Gasteiger partial charge in [-0.25, -0.2) is 14.2 Å².